The average molecular weight is 383 g/mol. The third kappa shape index (κ3) is 5.74. The number of hydrogen-bond donors (Lipinski definition) is 0. The normalized spacial score (nSPS) is 33.4. The third-order valence-electron chi connectivity index (χ3n) is 7.48. The van der Waals surface area contributed by atoms with Crippen LogP contribution in [0.25, 0.3) is 0 Å². The lowest BCUT2D eigenvalue weighted by Gasteiger charge is -2.42. The van der Waals surface area contributed by atoms with Gasteiger partial charge in [-0.1, -0.05) is 76.6 Å². The fourth-order valence-electron chi connectivity index (χ4n) is 5.76. The van der Waals surface area contributed by atoms with Crippen LogP contribution < -0.4 is 0 Å². The molecule has 0 aromatic rings. The Kier molecular flexibility index (Phi) is 9.32. The Morgan fingerprint density at radius 1 is 1.00 bits per heavy atom. The topological polar surface area (TPSA) is 0 Å². The van der Waals surface area contributed by atoms with Crippen LogP contribution in [0.1, 0.15) is 105 Å². The maximum Gasteiger partial charge on any atom is -0.0143 e. The highest BCUT2D eigenvalue weighted by atomic mass is 14.5. The van der Waals surface area contributed by atoms with Crippen LogP contribution in [0, 0.1) is 23.2 Å². The molecule has 0 aliphatic heterocycles. The van der Waals surface area contributed by atoms with Gasteiger partial charge in [0, 0.05) is 0 Å². The Morgan fingerprint density at radius 3 is 2.46 bits per heavy atom. The van der Waals surface area contributed by atoms with Gasteiger partial charge >= 0.3 is 0 Å². The van der Waals surface area contributed by atoms with Crippen LogP contribution in [0.15, 0.2) is 47.6 Å². The summed E-state index contributed by atoms with van der Waals surface area (Å²) in [5.41, 5.74) is 5.21. The zero-order chi connectivity index (χ0) is 20.6. The van der Waals surface area contributed by atoms with E-state index in [4.69, 9.17) is 0 Å². The molecule has 3 saturated carbocycles. The number of rotatable bonds is 5. The van der Waals surface area contributed by atoms with Crippen LogP contribution in [0.5, 0.6) is 0 Å². The Morgan fingerprint density at radius 2 is 1.75 bits per heavy atom. The van der Waals surface area contributed by atoms with E-state index in [1.807, 2.05) is 13.8 Å². The summed E-state index contributed by atoms with van der Waals surface area (Å²) in [6.45, 7) is 15.5. The van der Waals surface area contributed by atoms with Crippen molar-refractivity contribution in [1.29, 1.82) is 0 Å². The van der Waals surface area contributed by atoms with Crippen molar-refractivity contribution >= 4 is 0 Å². The Balaban J connectivity index is 0.00000136. The van der Waals surface area contributed by atoms with Crippen LogP contribution in [0.3, 0.4) is 0 Å². The van der Waals surface area contributed by atoms with Crippen molar-refractivity contribution in [3.05, 3.63) is 47.6 Å². The third-order valence-corrected chi connectivity index (χ3v) is 7.48. The lowest BCUT2D eigenvalue weighted by atomic mass is 9.63. The molecule has 0 nitrogen and oxygen atoms in total. The minimum absolute atomic E-state index is 0.536. The van der Waals surface area contributed by atoms with Crippen LogP contribution in [-0.4, -0.2) is 0 Å². The van der Waals surface area contributed by atoms with Gasteiger partial charge in [-0.15, -0.1) is 0 Å². The first kappa shape index (κ1) is 23.2. The second-order valence-electron chi connectivity index (χ2n) is 9.77. The largest absolute Gasteiger partial charge is 0.0956 e. The van der Waals surface area contributed by atoms with E-state index in [0.717, 1.165) is 17.8 Å². The van der Waals surface area contributed by atoms with Crippen LogP contribution in [0.2, 0.25) is 0 Å². The lowest BCUT2D eigenvalue weighted by molar-refractivity contribution is 0.137. The smallest absolute Gasteiger partial charge is 0.0143 e. The van der Waals surface area contributed by atoms with Gasteiger partial charge < -0.3 is 0 Å². The van der Waals surface area contributed by atoms with E-state index in [0.29, 0.717) is 5.41 Å². The molecule has 158 valence electrons. The van der Waals surface area contributed by atoms with E-state index in [1.54, 1.807) is 5.57 Å². The van der Waals surface area contributed by atoms with Gasteiger partial charge in [-0.2, -0.15) is 0 Å². The summed E-state index contributed by atoms with van der Waals surface area (Å²) in [4.78, 5) is 0. The predicted molar refractivity (Wildman–Crippen MR) is 127 cm³/mol. The van der Waals surface area contributed by atoms with Crippen molar-refractivity contribution in [3.8, 4) is 0 Å². The molecule has 2 unspecified atom stereocenters. The summed E-state index contributed by atoms with van der Waals surface area (Å²) in [6.07, 6.45) is 24.5. The highest BCUT2D eigenvalue weighted by molar-refractivity contribution is 5.35. The molecule has 3 fully saturated rings. The molecular weight excluding hydrogens is 336 g/mol. The first-order valence-electron chi connectivity index (χ1n) is 12.2. The zero-order valence-corrected chi connectivity index (χ0v) is 19.5. The quantitative estimate of drug-likeness (QED) is 0.416. The van der Waals surface area contributed by atoms with E-state index in [1.165, 1.54) is 81.8 Å². The predicted octanol–water partition coefficient (Wildman–Crippen LogP) is 9.20. The highest BCUT2D eigenvalue weighted by Crippen LogP contribution is 2.58. The van der Waals surface area contributed by atoms with Crippen molar-refractivity contribution in [2.45, 2.75) is 105 Å². The Hall–Kier alpha value is -1.04. The Labute approximate surface area is 176 Å². The molecule has 0 heterocycles. The minimum atomic E-state index is 0.536. The summed E-state index contributed by atoms with van der Waals surface area (Å²) in [6, 6.07) is 0. The van der Waals surface area contributed by atoms with Gasteiger partial charge in [0.2, 0.25) is 0 Å². The lowest BCUT2D eigenvalue weighted by Crippen LogP contribution is -2.33. The fraction of sp³-hybridized carbons (Fsp3) is 0.714. The summed E-state index contributed by atoms with van der Waals surface area (Å²) >= 11 is 0. The molecule has 0 aromatic heterocycles. The molecule has 3 aliphatic rings. The molecule has 0 aromatic carbocycles. The molecule has 3 atom stereocenters. The number of allylic oxidation sites excluding steroid dienone is 7. The molecule has 3 rings (SSSR count). The van der Waals surface area contributed by atoms with Crippen molar-refractivity contribution < 1.29 is 0 Å². The standard InChI is InChI=1S/C26H40.C2H6/c1-20(2)10-5-8-14-24-17-18-25-23(13-9-19-26(24,25)4)16-15-22-12-7-6-11-21(22)3;1-2/h5,8,15-16,20,24-25H,3,6-7,9-14,17-19H2,1-2,4H3;1-2H3/b8-5+,22-15-,23-16+;/t24?,25?,26-;/m1./s1. The van der Waals surface area contributed by atoms with Crippen LogP contribution in [0.4, 0.5) is 0 Å². The first-order valence-corrected chi connectivity index (χ1v) is 12.2. The molecule has 0 amide bonds. The maximum atomic E-state index is 4.30. The summed E-state index contributed by atoms with van der Waals surface area (Å²) < 4.78 is 0. The molecule has 0 N–H and O–H groups in total. The molecule has 3 aliphatic carbocycles. The summed E-state index contributed by atoms with van der Waals surface area (Å²) in [7, 11) is 0. The van der Waals surface area contributed by atoms with Gasteiger partial charge in [-0.25, -0.2) is 0 Å². The van der Waals surface area contributed by atoms with Gasteiger partial charge in [0.25, 0.3) is 0 Å². The van der Waals surface area contributed by atoms with Crippen LogP contribution >= 0.6 is 0 Å². The van der Waals surface area contributed by atoms with E-state index in [9.17, 15) is 0 Å². The second kappa shape index (κ2) is 11.2. The zero-order valence-electron chi connectivity index (χ0n) is 19.5. The molecule has 0 spiro atoms. The van der Waals surface area contributed by atoms with E-state index >= 15 is 0 Å². The summed E-state index contributed by atoms with van der Waals surface area (Å²) in [5, 5.41) is 0. The molecular formula is C28H46. The number of fused-ring (bicyclic) bond motifs is 1. The average Bonchev–Trinajstić information content (AvgIpc) is 3.03. The highest BCUT2D eigenvalue weighted by Gasteiger charge is 2.48. The molecule has 28 heavy (non-hydrogen) atoms. The second-order valence-corrected chi connectivity index (χ2v) is 9.77. The van der Waals surface area contributed by atoms with Gasteiger partial charge in [-0.3, -0.25) is 0 Å². The van der Waals surface area contributed by atoms with E-state index in [-0.39, 0.29) is 0 Å². The van der Waals surface area contributed by atoms with Gasteiger partial charge in [0.05, 0.1) is 0 Å². The SMILES string of the molecule is C=C1CCCC/C1=C/C=C1\CCC[C@]2(C)C(C/C=C/CC(C)C)CCC12.CC. The van der Waals surface area contributed by atoms with Crippen molar-refractivity contribution in [3.63, 3.8) is 0 Å². The molecule has 0 radical (unpaired) electrons. The monoisotopic (exact) mass is 382 g/mol. The Bertz CT molecular complexity index is 585. The molecule has 0 saturated heterocycles. The van der Waals surface area contributed by atoms with E-state index in [2.05, 4.69) is 51.7 Å². The van der Waals surface area contributed by atoms with Crippen molar-refractivity contribution in [2.75, 3.05) is 0 Å². The van der Waals surface area contributed by atoms with Gasteiger partial charge in [0.15, 0.2) is 0 Å². The molecule has 0 heteroatoms. The van der Waals surface area contributed by atoms with Crippen molar-refractivity contribution in [1.82, 2.24) is 0 Å². The maximum absolute atomic E-state index is 4.30. The van der Waals surface area contributed by atoms with Crippen molar-refractivity contribution in [2.24, 2.45) is 23.2 Å². The van der Waals surface area contributed by atoms with Gasteiger partial charge in [0.1, 0.15) is 0 Å². The summed E-state index contributed by atoms with van der Waals surface area (Å²) in [5.74, 6) is 2.50. The van der Waals surface area contributed by atoms with Gasteiger partial charge in [-0.05, 0) is 99.4 Å². The molecule has 0 bridgehead atoms. The van der Waals surface area contributed by atoms with Crippen LogP contribution in [-0.2, 0) is 0 Å². The number of hydrogen-bond acceptors (Lipinski definition) is 0. The fourth-order valence-corrected chi connectivity index (χ4v) is 5.76. The first-order chi connectivity index (χ1) is 13.5. The minimum Gasteiger partial charge on any atom is -0.0956 e. The van der Waals surface area contributed by atoms with E-state index < -0.39 is 0 Å².